The number of hydrogen-bond acceptors (Lipinski definition) is 15. The van der Waals surface area contributed by atoms with E-state index >= 15 is 4.79 Å². The van der Waals surface area contributed by atoms with Crippen molar-refractivity contribution in [2.75, 3.05) is 33.8 Å². The summed E-state index contributed by atoms with van der Waals surface area (Å²) in [7, 11) is 2.56. The fourth-order valence-corrected chi connectivity index (χ4v) is 10.1. The molecule has 382 valence electrons. The maximum Gasteiger partial charge on any atom is 0.332 e. The molecule has 4 rings (SSSR count). The number of nitrogens with zero attached hydrogens (tertiary/aromatic N) is 5. The van der Waals surface area contributed by atoms with Crippen molar-refractivity contribution in [3.8, 4) is 0 Å². The molecule has 0 aliphatic carbocycles. The van der Waals surface area contributed by atoms with Gasteiger partial charge in [0.25, 0.3) is 23.6 Å². The highest BCUT2D eigenvalue weighted by Crippen LogP contribution is 2.43. The molecule has 11 atom stereocenters. The number of rotatable bonds is 12. The summed E-state index contributed by atoms with van der Waals surface area (Å²) in [6.07, 6.45) is 1.24. The summed E-state index contributed by atoms with van der Waals surface area (Å²) in [5.41, 5.74) is -1.57. The van der Waals surface area contributed by atoms with Gasteiger partial charge in [0.2, 0.25) is 17.6 Å². The second-order valence-electron chi connectivity index (χ2n) is 20.4. The minimum Gasteiger partial charge on any atom is -0.458 e. The molecule has 6 N–H and O–H groups in total. The molecule has 0 aromatic rings. The molecule has 11 unspecified atom stereocenters. The molecule has 4 saturated heterocycles. The molecule has 4 aliphatic rings. The van der Waals surface area contributed by atoms with E-state index in [1.54, 1.807) is 13.8 Å². The molecule has 0 aromatic heterocycles. The highest BCUT2D eigenvalue weighted by atomic mass is 16.7. The van der Waals surface area contributed by atoms with E-state index in [0.29, 0.717) is 38.0 Å². The van der Waals surface area contributed by atoms with Gasteiger partial charge in [-0.05, 0) is 82.5 Å². The molecule has 4 heterocycles. The lowest BCUT2D eigenvalue weighted by Gasteiger charge is -2.50. The van der Waals surface area contributed by atoms with Crippen LogP contribution in [0, 0.1) is 23.7 Å². The van der Waals surface area contributed by atoms with Crippen LogP contribution < -0.4 is 10.7 Å². The van der Waals surface area contributed by atoms with Gasteiger partial charge >= 0.3 is 5.97 Å². The molecule has 0 radical (unpaired) electrons. The van der Waals surface area contributed by atoms with Gasteiger partial charge in [-0.25, -0.2) is 20.3 Å². The first-order chi connectivity index (χ1) is 31.2. The fourth-order valence-electron chi connectivity index (χ4n) is 10.1. The van der Waals surface area contributed by atoms with Crippen molar-refractivity contribution in [1.29, 1.82) is 0 Å². The number of fused-ring (bicyclic) bond motifs is 2. The predicted octanol–water partition coefficient (Wildman–Crippen LogP) is 1.72. The maximum absolute atomic E-state index is 15.1. The van der Waals surface area contributed by atoms with Gasteiger partial charge in [0.1, 0.15) is 36.8 Å². The Morgan fingerprint density at radius 1 is 0.970 bits per heavy atom. The Bertz CT molecular complexity index is 1800. The highest BCUT2D eigenvalue weighted by molar-refractivity contribution is 5.97. The predicted molar refractivity (Wildman–Crippen MR) is 240 cm³/mol. The first kappa shape index (κ1) is 55.6. The quantitative estimate of drug-likeness (QED) is 0.120. The zero-order valence-electron chi connectivity index (χ0n) is 41.7. The van der Waals surface area contributed by atoms with Gasteiger partial charge in [-0.3, -0.25) is 44.2 Å². The zero-order chi connectivity index (χ0) is 50.5. The molecular formula is C46H79N7O14. The van der Waals surface area contributed by atoms with Gasteiger partial charge in [0.05, 0.1) is 11.7 Å². The summed E-state index contributed by atoms with van der Waals surface area (Å²) in [6.45, 7) is 15.7. The molecule has 6 amide bonds. The van der Waals surface area contributed by atoms with Crippen LogP contribution in [0.4, 0.5) is 0 Å². The molecule has 21 heteroatoms. The number of hydroxylamine groups is 4. The number of hydrogen-bond donors (Lipinski definition) is 6. The number of unbranched alkanes of at least 4 members (excludes halogenated alkanes) is 1. The third-order valence-electron chi connectivity index (χ3n) is 14.1. The Morgan fingerprint density at radius 3 is 2.19 bits per heavy atom. The molecular weight excluding hydrogens is 875 g/mol. The Labute approximate surface area is 395 Å². The molecule has 21 nitrogen and oxygen atoms in total. The Kier molecular flexibility index (Phi) is 18.8. The van der Waals surface area contributed by atoms with E-state index < -0.39 is 119 Å². The highest BCUT2D eigenvalue weighted by Gasteiger charge is 2.59. The van der Waals surface area contributed by atoms with Gasteiger partial charge in [0.15, 0.2) is 11.6 Å². The number of likely N-dealkylation sites (N-methyl/N-ethyl adjacent to an activating group) is 1. The van der Waals surface area contributed by atoms with Gasteiger partial charge in [-0.15, -0.1) is 0 Å². The second-order valence-corrected chi connectivity index (χ2v) is 20.4. The topological polar surface area (TPSA) is 268 Å². The van der Waals surface area contributed by atoms with Crippen molar-refractivity contribution >= 4 is 41.4 Å². The smallest absolute Gasteiger partial charge is 0.332 e. The van der Waals surface area contributed by atoms with E-state index in [4.69, 9.17) is 14.2 Å². The standard InChI is InChI=1S/C46H79N7O14/c1-13-15-17-30-39(56)51(63)25-33(54)52-31(18-16-22-47-52)38(55)50-23-21-44(9,61)37(50)41(58)53(64)35(27(5)6)42(59)66-36(28(7)8)34(40(57)49(30)11)48-43(60)45(10,62)46(65-12)20-19-29(24-26(3)4)32(14-2)67-46/h26-32,34-37,47,61-64H,13-25H2,1-12H3,(H,48,60). The van der Waals surface area contributed by atoms with Crippen LogP contribution in [-0.2, 0) is 47.8 Å². The van der Waals surface area contributed by atoms with Crippen molar-refractivity contribution < 1.29 is 68.4 Å². The molecule has 4 fully saturated rings. The molecule has 0 aromatic carbocycles. The van der Waals surface area contributed by atoms with Gasteiger partial charge in [-0.2, -0.15) is 0 Å². The summed E-state index contributed by atoms with van der Waals surface area (Å²) in [4.78, 5) is 104. The van der Waals surface area contributed by atoms with Crippen LogP contribution in [0.1, 0.15) is 133 Å². The molecule has 67 heavy (non-hydrogen) atoms. The number of cyclic esters (lactones) is 1. The Morgan fingerprint density at radius 2 is 1.63 bits per heavy atom. The van der Waals surface area contributed by atoms with Gasteiger partial charge in [-0.1, -0.05) is 68.2 Å². The van der Waals surface area contributed by atoms with Crippen LogP contribution in [0.2, 0.25) is 0 Å². The number of carbonyl (C=O) groups excluding carboxylic acids is 7. The van der Waals surface area contributed by atoms with Gasteiger partial charge in [0, 0.05) is 33.7 Å². The number of esters is 1. The van der Waals surface area contributed by atoms with Crippen molar-refractivity contribution in [3.05, 3.63) is 0 Å². The minimum absolute atomic E-state index is 0.0275. The molecule has 0 saturated carbocycles. The van der Waals surface area contributed by atoms with Gasteiger partial charge < -0.3 is 39.5 Å². The second kappa shape index (κ2) is 22.6. The first-order valence-electron chi connectivity index (χ1n) is 24.1. The summed E-state index contributed by atoms with van der Waals surface area (Å²) in [6, 6.07) is -8.16. The zero-order valence-corrected chi connectivity index (χ0v) is 41.7. The number of carbonyl (C=O) groups is 7. The first-order valence-corrected chi connectivity index (χ1v) is 24.1. The van der Waals surface area contributed by atoms with Crippen LogP contribution in [-0.4, -0.2) is 180 Å². The van der Waals surface area contributed by atoms with Crippen molar-refractivity contribution in [2.24, 2.45) is 23.7 Å². The Hall–Kier alpha value is -3.99. The normalized spacial score (nSPS) is 33.4. The van der Waals surface area contributed by atoms with E-state index in [-0.39, 0.29) is 54.8 Å². The number of nitrogens with one attached hydrogen (secondary N) is 2. The van der Waals surface area contributed by atoms with Crippen molar-refractivity contribution in [2.45, 2.75) is 193 Å². The minimum atomic E-state index is -2.50. The van der Waals surface area contributed by atoms with E-state index in [2.05, 4.69) is 24.6 Å². The van der Waals surface area contributed by atoms with E-state index in [0.717, 1.165) is 21.2 Å². The summed E-state index contributed by atoms with van der Waals surface area (Å²) in [5.74, 6) is -10.5. The lowest BCUT2D eigenvalue weighted by atomic mass is 9.78. The summed E-state index contributed by atoms with van der Waals surface area (Å²) in [5, 5.41) is 50.8. The van der Waals surface area contributed by atoms with Crippen LogP contribution in [0.3, 0.4) is 0 Å². The SMILES string of the molecule is CCCCC1C(=O)N(O)CC(=O)N2NCCCC2C(=O)N2CCC(C)(O)C2C(=O)N(O)C(C(C)C)C(=O)OC(C(C)C)C(NC(=O)C(C)(O)C2(OC)CCC(CC(C)C)C(CC)O2)C(=O)N1C. The third kappa shape index (κ3) is 11.7. The lowest BCUT2D eigenvalue weighted by molar-refractivity contribution is -0.339. The van der Waals surface area contributed by atoms with Crippen LogP contribution in [0.25, 0.3) is 0 Å². The van der Waals surface area contributed by atoms with Crippen molar-refractivity contribution in [3.63, 3.8) is 0 Å². The largest absolute Gasteiger partial charge is 0.458 e. The number of methoxy groups -OCH3 is 1. The van der Waals surface area contributed by atoms with E-state index in [9.17, 15) is 49.4 Å². The monoisotopic (exact) mass is 954 g/mol. The molecule has 0 bridgehead atoms. The number of ether oxygens (including phenoxy) is 3. The molecule has 0 spiro atoms. The van der Waals surface area contributed by atoms with Crippen LogP contribution >= 0.6 is 0 Å². The fraction of sp³-hybridized carbons (Fsp3) is 0.848. The third-order valence-corrected chi connectivity index (χ3v) is 14.1. The number of aliphatic hydroxyl groups is 2. The lowest BCUT2D eigenvalue weighted by Crippen LogP contribution is -2.69. The van der Waals surface area contributed by atoms with Crippen molar-refractivity contribution in [1.82, 2.24) is 35.7 Å². The number of hydrazine groups is 1. The Balaban J connectivity index is 1.89. The average molecular weight is 954 g/mol. The van der Waals surface area contributed by atoms with E-state index in [1.165, 1.54) is 41.9 Å². The maximum atomic E-state index is 15.1. The number of amides is 6. The average Bonchev–Trinajstić information content (AvgIpc) is 3.59. The van der Waals surface area contributed by atoms with Crippen LogP contribution in [0.5, 0.6) is 0 Å². The van der Waals surface area contributed by atoms with Crippen LogP contribution in [0.15, 0.2) is 0 Å². The summed E-state index contributed by atoms with van der Waals surface area (Å²) < 4.78 is 18.5. The summed E-state index contributed by atoms with van der Waals surface area (Å²) >= 11 is 0. The van der Waals surface area contributed by atoms with E-state index in [1.807, 2.05) is 13.8 Å². The molecule has 4 aliphatic heterocycles.